The summed E-state index contributed by atoms with van der Waals surface area (Å²) in [6.45, 7) is 0.299. The Morgan fingerprint density at radius 1 is 0.882 bits per heavy atom. The van der Waals surface area contributed by atoms with Gasteiger partial charge in [-0.2, -0.15) is 0 Å². The number of methoxy groups -OCH3 is 3. The molecular formula is C24H25FN2O6S. The average molecular weight is 489 g/mol. The van der Waals surface area contributed by atoms with Gasteiger partial charge in [-0.15, -0.1) is 0 Å². The van der Waals surface area contributed by atoms with Crippen LogP contribution in [0.5, 0.6) is 17.2 Å². The molecule has 8 nitrogen and oxygen atoms in total. The minimum absolute atomic E-state index is 0.0225. The molecule has 34 heavy (non-hydrogen) atoms. The van der Waals surface area contributed by atoms with Gasteiger partial charge in [0.05, 0.1) is 32.6 Å². The number of nitrogens with one attached hydrogen (secondary N) is 2. The summed E-state index contributed by atoms with van der Waals surface area (Å²) in [5.41, 5.74) is 1.09. The van der Waals surface area contributed by atoms with Crippen LogP contribution in [0, 0.1) is 5.82 Å². The van der Waals surface area contributed by atoms with Gasteiger partial charge in [-0.05, 0) is 54.4 Å². The molecule has 0 aliphatic carbocycles. The van der Waals surface area contributed by atoms with Gasteiger partial charge in [0.25, 0.3) is 15.9 Å². The molecule has 10 heteroatoms. The second kappa shape index (κ2) is 10.9. The molecule has 2 N–H and O–H groups in total. The van der Waals surface area contributed by atoms with Gasteiger partial charge in [-0.3, -0.25) is 9.52 Å². The smallest absolute Gasteiger partial charge is 0.265 e. The van der Waals surface area contributed by atoms with E-state index in [1.165, 1.54) is 25.3 Å². The summed E-state index contributed by atoms with van der Waals surface area (Å²) in [5.74, 6) is -0.0385. The monoisotopic (exact) mass is 488 g/mol. The Hall–Kier alpha value is -3.79. The second-order valence-corrected chi connectivity index (χ2v) is 8.79. The molecule has 3 aromatic rings. The van der Waals surface area contributed by atoms with Crippen molar-refractivity contribution in [3.63, 3.8) is 0 Å². The SMILES string of the molecule is COc1ccc(CCNC(=O)c2ccccc2NS(=O)(=O)c2cc(F)ccc2OC)cc1OC. The van der Waals surface area contributed by atoms with Gasteiger partial charge in [0.2, 0.25) is 0 Å². The fraction of sp³-hybridized carbons (Fsp3) is 0.208. The van der Waals surface area contributed by atoms with Crippen LogP contribution in [0.1, 0.15) is 15.9 Å². The van der Waals surface area contributed by atoms with Gasteiger partial charge in [0, 0.05) is 6.54 Å². The van der Waals surface area contributed by atoms with Gasteiger partial charge in [-0.1, -0.05) is 18.2 Å². The molecule has 0 heterocycles. The molecule has 3 aromatic carbocycles. The molecule has 0 aliphatic heterocycles. The third-order valence-electron chi connectivity index (χ3n) is 4.98. The van der Waals surface area contributed by atoms with Crippen LogP contribution in [-0.4, -0.2) is 42.2 Å². The molecule has 0 bridgehead atoms. The Kier molecular flexibility index (Phi) is 7.95. The maximum absolute atomic E-state index is 13.7. The van der Waals surface area contributed by atoms with Crippen molar-refractivity contribution >= 4 is 21.6 Å². The third kappa shape index (κ3) is 5.76. The van der Waals surface area contributed by atoms with E-state index in [2.05, 4.69) is 10.0 Å². The number of rotatable bonds is 10. The first kappa shape index (κ1) is 24.8. The molecule has 0 atom stereocenters. The van der Waals surface area contributed by atoms with E-state index >= 15 is 0 Å². The number of hydrogen-bond acceptors (Lipinski definition) is 6. The van der Waals surface area contributed by atoms with Gasteiger partial charge in [-0.25, -0.2) is 12.8 Å². The molecule has 0 saturated heterocycles. The van der Waals surface area contributed by atoms with Crippen molar-refractivity contribution in [3.8, 4) is 17.2 Å². The molecule has 0 radical (unpaired) electrons. The number of benzene rings is 3. The first-order valence-electron chi connectivity index (χ1n) is 10.2. The fourth-order valence-electron chi connectivity index (χ4n) is 3.28. The van der Waals surface area contributed by atoms with E-state index in [1.807, 2.05) is 12.1 Å². The number of ether oxygens (including phenoxy) is 3. The third-order valence-corrected chi connectivity index (χ3v) is 6.37. The summed E-state index contributed by atoms with van der Waals surface area (Å²) in [4.78, 5) is 12.4. The van der Waals surface area contributed by atoms with E-state index in [1.54, 1.807) is 32.4 Å². The van der Waals surface area contributed by atoms with Crippen LogP contribution in [0.2, 0.25) is 0 Å². The van der Waals surface area contributed by atoms with Crippen molar-refractivity contribution in [2.24, 2.45) is 0 Å². The molecule has 1 amide bonds. The highest BCUT2D eigenvalue weighted by atomic mass is 32.2. The van der Waals surface area contributed by atoms with Crippen LogP contribution in [0.3, 0.4) is 0 Å². The molecule has 3 rings (SSSR count). The summed E-state index contributed by atoms with van der Waals surface area (Å²) in [6.07, 6.45) is 0.514. The number of carbonyl (C=O) groups is 1. The number of anilines is 1. The number of amides is 1. The zero-order valence-corrected chi connectivity index (χ0v) is 19.7. The van der Waals surface area contributed by atoms with Gasteiger partial charge < -0.3 is 19.5 Å². The van der Waals surface area contributed by atoms with Crippen LogP contribution in [0.25, 0.3) is 0 Å². The molecular weight excluding hydrogens is 463 g/mol. The van der Waals surface area contributed by atoms with E-state index in [9.17, 15) is 17.6 Å². The lowest BCUT2D eigenvalue weighted by Crippen LogP contribution is -2.27. The maximum atomic E-state index is 13.7. The van der Waals surface area contributed by atoms with Crippen molar-refractivity contribution in [1.82, 2.24) is 5.32 Å². The van der Waals surface area contributed by atoms with Crippen molar-refractivity contribution in [2.75, 3.05) is 32.6 Å². The van der Waals surface area contributed by atoms with Crippen LogP contribution in [-0.2, 0) is 16.4 Å². The van der Waals surface area contributed by atoms with Crippen molar-refractivity contribution in [3.05, 3.63) is 77.6 Å². The van der Waals surface area contributed by atoms with E-state index in [0.29, 0.717) is 24.5 Å². The second-order valence-electron chi connectivity index (χ2n) is 7.14. The minimum Gasteiger partial charge on any atom is -0.495 e. The number of carbonyl (C=O) groups excluding carboxylic acids is 1. The van der Waals surface area contributed by atoms with Crippen LogP contribution in [0.4, 0.5) is 10.1 Å². The number of halogens is 1. The molecule has 0 saturated carbocycles. The predicted octanol–water partition coefficient (Wildman–Crippen LogP) is 3.62. The van der Waals surface area contributed by atoms with E-state index in [4.69, 9.17) is 14.2 Å². The first-order chi connectivity index (χ1) is 16.3. The highest BCUT2D eigenvalue weighted by Crippen LogP contribution is 2.29. The average Bonchev–Trinajstić information content (AvgIpc) is 2.83. The highest BCUT2D eigenvalue weighted by molar-refractivity contribution is 7.92. The summed E-state index contributed by atoms with van der Waals surface area (Å²) in [6, 6.07) is 14.8. The largest absolute Gasteiger partial charge is 0.495 e. The Bertz CT molecular complexity index is 1280. The molecule has 0 unspecified atom stereocenters. The number of sulfonamides is 1. The number of hydrogen-bond donors (Lipinski definition) is 2. The highest BCUT2D eigenvalue weighted by Gasteiger charge is 2.23. The number of para-hydroxylation sites is 1. The van der Waals surface area contributed by atoms with Crippen molar-refractivity contribution in [1.29, 1.82) is 0 Å². The Labute approximate surface area is 197 Å². The zero-order chi connectivity index (χ0) is 24.7. The Balaban J connectivity index is 1.74. The summed E-state index contributed by atoms with van der Waals surface area (Å²) < 4.78 is 57.4. The normalized spacial score (nSPS) is 10.9. The minimum atomic E-state index is -4.23. The predicted molar refractivity (Wildman–Crippen MR) is 126 cm³/mol. The van der Waals surface area contributed by atoms with Crippen molar-refractivity contribution in [2.45, 2.75) is 11.3 Å². The van der Waals surface area contributed by atoms with E-state index < -0.39 is 21.7 Å². The van der Waals surface area contributed by atoms with E-state index in [-0.39, 0.29) is 21.9 Å². The fourth-order valence-corrected chi connectivity index (χ4v) is 4.54. The summed E-state index contributed by atoms with van der Waals surface area (Å²) >= 11 is 0. The quantitative estimate of drug-likeness (QED) is 0.452. The van der Waals surface area contributed by atoms with Gasteiger partial charge in [0.15, 0.2) is 11.5 Å². The summed E-state index contributed by atoms with van der Waals surface area (Å²) in [5, 5.41) is 2.78. The first-order valence-corrected chi connectivity index (χ1v) is 11.7. The standard InChI is InChI=1S/C24H25FN2O6S/c1-31-20-10-8-16(14-22(20)33-3)12-13-26-24(28)18-6-4-5-7-19(18)27-34(29,30)23-15-17(25)9-11-21(23)32-2/h4-11,14-15,27H,12-13H2,1-3H3,(H,26,28). The molecule has 0 fully saturated rings. The topological polar surface area (TPSA) is 103 Å². The lowest BCUT2D eigenvalue weighted by Gasteiger charge is -2.15. The van der Waals surface area contributed by atoms with Gasteiger partial charge in [0.1, 0.15) is 16.5 Å². The Morgan fingerprint density at radius 2 is 1.56 bits per heavy atom. The van der Waals surface area contributed by atoms with Crippen LogP contribution >= 0.6 is 0 Å². The molecule has 0 aliphatic rings. The molecule has 0 aromatic heterocycles. The molecule has 180 valence electrons. The van der Waals surface area contributed by atoms with Gasteiger partial charge >= 0.3 is 0 Å². The maximum Gasteiger partial charge on any atom is 0.265 e. The lowest BCUT2D eigenvalue weighted by molar-refractivity contribution is 0.0955. The summed E-state index contributed by atoms with van der Waals surface area (Å²) in [7, 11) is 0.142. The van der Waals surface area contributed by atoms with Crippen molar-refractivity contribution < 1.29 is 31.8 Å². The van der Waals surface area contributed by atoms with Crippen LogP contribution < -0.4 is 24.2 Å². The van der Waals surface area contributed by atoms with Crippen LogP contribution in [0.15, 0.2) is 65.6 Å². The molecule has 0 spiro atoms. The Morgan fingerprint density at radius 3 is 2.26 bits per heavy atom. The van der Waals surface area contributed by atoms with E-state index in [0.717, 1.165) is 17.7 Å². The lowest BCUT2D eigenvalue weighted by atomic mass is 10.1. The zero-order valence-electron chi connectivity index (χ0n) is 18.9.